The van der Waals surface area contributed by atoms with Gasteiger partial charge in [0.05, 0.1) is 9.90 Å². The number of nitrogens with one attached hydrogen (secondary N) is 1. The second-order valence-electron chi connectivity index (χ2n) is 2.92. The van der Waals surface area contributed by atoms with Crippen molar-refractivity contribution in [3.8, 4) is 16.2 Å². The zero-order valence-corrected chi connectivity index (χ0v) is 9.56. The van der Waals surface area contributed by atoms with E-state index in [1.54, 1.807) is 25.4 Å². The van der Waals surface area contributed by atoms with Crippen LogP contribution in [0.25, 0.3) is 10.4 Å². The second kappa shape index (κ2) is 4.08. The maximum Gasteiger partial charge on any atom is 0.182 e. The van der Waals surface area contributed by atoms with E-state index in [1.165, 1.54) is 11.3 Å². The van der Waals surface area contributed by atoms with Crippen molar-refractivity contribution >= 4 is 28.1 Å². The number of thiazole rings is 1. The minimum absolute atomic E-state index is 0.102. The van der Waals surface area contributed by atoms with Crippen LogP contribution in [0, 0.1) is 0 Å². The van der Waals surface area contributed by atoms with Gasteiger partial charge in [0.15, 0.2) is 5.13 Å². The quantitative estimate of drug-likeness (QED) is 0.847. The fourth-order valence-corrected chi connectivity index (χ4v) is 2.20. The van der Waals surface area contributed by atoms with Crippen LogP contribution in [-0.2, 0) is 0 Å². The molecule has 0 amide bonds. The van der Waals surface area contributed by atoms with Crippen LogP contribution in [0.1, 0.15) is 0 Å². The lowest BCUT2D eigenvalue weighted by atomic mass is 10.2. The third-order valence-electron chi connectivity index (χ3n) is 1.97. The molecule has 2 rings (SSSR count). The number of aromatic nitrogens is 1. The van der Waals surface area contributed by atoms with Crippen molar-refractivity contribution < 1.29 is 5.11 Å². The molecule has 0 bridgehead atoms. The fraction of sp³-hybridized carbons (Fsp3) is 0.100. The Kier molecular flexibility index (Phi) is 2.79. The summed E-state index contributed by atoms with van der Waals surface area (Å²) in [5, 5.41) is 13.9. The lowest BCUT2D eigenvalue weighted by molar-refractivity contribution is 0.478. The first kappa shape index (κ1) is 10.3. The van der Waals surface area contributed by atoms with Gasteiger partial charge in [0.2, 0.25) is 0 Å². The molecule has 0 saturated carbocycles. The average Bonchev–Trinajstić information content (AvgIpc) is 2.70. The highest BCUT2D eigenvalue weighted by atomic mass is 35.5. The molecule has 0 spiro atoms. The molecule has 0 unspecified atom stereocenters. The van der Waals surface area contributed by atoms with Crippen LogP contribution in [0.4, 0.5) is 5.13 Å². The molecule has 3 nitrogen and oxygen atoms in total. The summed E-state index contributed by atoms with van der Waals surface area (Å²) in [6, 6.07) is 5.27. The normalized spacial score (nSPS) is 10.3. The molecule has 2 N–H and O–H groups in total. The number of benzene rings is 1. The summed E-state index contributed by atoms with van der Waals surface area (Å²) in [4.78, 5) is 5.02. The molecule has 2 aromatic rings. The number of rotatable bonds is 2. The zero-order chi connectivity index (χ0) is 10.8. The van der Waals surface area contributed by atoms with Gasteiger partial charge in [-0.1, -0.05) is 29.0 Å². The Hall–Kier alpha value is -1.26. The molecule has 78 valence electrons. The summed E-state index contributed by atoms with van der Waals surface area (Å²) in [6.07, 6.45) is 1.71. The Bertz CT molecular complexity index is 484. The first-order chi connectivity index (χ1) is 7.22. The number of phenolic OH excluding ortho intramolecular Hbond substituents is 1. The van der Waals surface area contributed by atoms with Crippen LogP contribution in [0.5, 0.6) is 5.75 Å². The lowest BCUT2D eigenvalue weighted by Gasteiger charge is -2.02. The Labute approximate surface area is 96.4 Å². The van der Waals surface area contributed by atoms with Gasteiger partial charge in [-0.25, -0.2) is 4.98 Å². The Morgan fingerprint density at radius 3 is 2.93 bits per heavy atom. The van der Waals surface area contributed by atoms with E-state index in [4.69, 9.17) is 11.6 Å². The van der Waals surface area contributed by atoms with Gasteiger partial charge in [0.1, 0.15) is 5.75 Å². The summed E-state index contributed by atoms with van der Waals surface area (Å²) in [6.45, 7) is 0. The summed E-state index contributed by atoms with van der Waals surface area (Å²) >= 11 is 7.29. The topological polar surface area (TPSA) is 45.2 Å². The predicted molar refractivity (Wildman–Crippen MR) is 63.8 cm³/mol. The van der Waals surface area contributed by atoms with Crippen LogP contribution < -0.4 is 5.32 Å². The number of hydrogen-bond acceptors (Lipinski definition) is 4. The van der Waals surface area contributed by atoms with Crippen molar-refractivity contribution in [3.63, 3.8) is 0 Å². The van der Waals surface area contributed by atoms with Gasteiger partial charge in [-0.2, -0.15) is 0 Å². The maximum absolute atomic E-state index is 9.76. The molecule has 0 aliphatic heterocycles. The number of halogens is 1. The van der Waals surface area contributed by atoms with Gasteiger partial charge in [0, 0.05) is 18.8 Å². The van der Waals surface area contributed by atoms with Gasteiger partial charge in [-0.05, 0) is 12.1 Å². The predicted octanol–water partition coefficient (Wildman–Crippen LogP) is 3.21. The van der Waals surface area contributed by atoms with E-state index < -0.39 is 0 Å². The monoisotopic (exact) mass is 240 g/mol. The van der Waals surface area contributed by atoms with E-state index in [9.17, 15) is 5.11 Å². The van der Waals surface area contributed by atoms with Crippen molar-refractivity contribution in [2.75, 3.05) is 12.4 Å². The number of phenols is 1. The Balaban J connectivity index is 2.49. The SMILES string of the molecule is CNc1ncc(-c2cccc(Cl)c2O)s1. The summed E-state index contributed by atoms with van der Waals surface area (Å²) in [5.74, 6) is 0.102. The average molecular weight is 241 g/mol. The van der Waals surface area contributed by atoms with E-state index in [1.807, 2.05) is 6.07 Å². The van der Waals surface area contributed by atoms with Crippen LogP contribution in [0.15, 0.2) is 24.4 Å². The van der Waals surface area contributed by atoms with Crippen LogP contribution >= 0.6 is 22.9 Å². The van der Waals surface area contributed by atoms with Crippen LogP contribution in [0.3, 0.4) is 0 Å². The maximum atomic E-state index is 9.76. The number of aromatic hydroxyl groups is 1. The molecule has 0 aliphatic carbocycles. The van der Waals surface area contributed by atoms with E-state index in [-0.39, 0.29) is 5.75 Å². The largest absolute Gasteiger partial charge is 0.506 e. The highest BCUT2D eigenvalue weighted by Crippen LogP contribution is 2.38. The van der Waals surface area contributed by atoms with Crippen LogP contribution in [0.2, 0.25) is 5.02 Å². The van der Waals surface area contributed by atoms with Gasteiger partial charge in [0.25, 0.3) is 0 Å². The molecular formula is C10H9ClN2OS. The third-order valence-corrected chi connectivity index (χ3v) is 3.32. The summed E-state index contributed by atoms with van der Waals surface area (Å²) in [5.41, 5.74) is 0.710. The van der Waals surface area contributed by atoms with E-state index in [0.29, 0.717) is 10.6 Å². The van der Waals surface area contributed by atoms with Crippen molar-refractivity contribution in [1.82, 2.24) is 4.98 Å². The van der Waals surface area contributed by atoms with Crippen molar-refractivity contribution in [1.29, 1.82) is 0 Å². The smallest absolute Gasteiger partial charge is 0.182 e. The molecule has 0 radical (unpaired) electrons. The number of nitrogens with zero attached hydrogens (tertiary/aromatic N) is 1. The van der Waals surface area contributed by atoms with Gasteiger partial charge in [-0.15, -0.1) is 0 Å². The minimum Gasteiger partial charge on any atom is -0.506 e. The molecule has 1 heterocycles. The van der Waals surface area contributed by atoms with Gasteiger partial charge < -0.3 is 10.4 Å². The highest BCUT2D eigenvalue weighted by molar-refractivity contribution is 7.18. The van der Waals surface area contributed by atoms with Crippen LogP contribution in [-0.4, -0.2) is 17.1 Å². The molecule has 0 fully saturated rings. The lowest BCUT2D eigenvalue weighted by Crippen LogP contribution is -1.83. The molecule has 0 aliphatic rings. The van der Waals surface area contributed by atoms with Crippen molar-refractivity contribution in [2.24, 2.45) is 0 Å². The first-order valence-electron chi connectivity index (χ1n) is 4.34. The Morgan fingerprint density at radius 2 is 2.27 bits per heavy atom. The molecule has 1 aromatic heterocycles. The molecule has 15 heavy (non-hydrogen) atoms. The van der Waals surface area contributed by atoms with Gasteiger partial charge >= 0.3 is 0 Å². The molecule has 5 heteroatoms. The third kappa shape index (κ3) is 1.91. The van der Waals surface area contributed by atoms with E-state index in [2.05, 4.69) is 10.3 Å². The number of anilines is 1. The van der Waals surface area contributed by atoms with E-state index >= 15 is 0 Å². The van der Waals surface area contributed by atoms with Crippen molar-refractivity contribution in [3.05, 3.63) is 29.4 Å². The summed E-state index contributed by atoms with van der Waals surface area (Å²) < 4.78 is 0. The molecule has 0 atom stereocenters. The highest BCUT2D eigenvalue weighted by Gasteiger charge is 2.10. The molecular weight excluding hydrogens is 232 g/mol. The minimum atomic E-state index is 0.102. The number of hydrogen-bond donors (Lipinski definition) is 2. The second-order valence-corrected chi connectivity index (χ2v) is 4.35. The van der Waals surface area contributed by atoms with Crippen molar-refractivity contribution in [2.45, 2.75) is 0 Å². The zero-order valence-electron chi connectivity index (χ0n) is 7.99. The van der Waals surface area contributed by atoms with E-state index in [0.717, 1.165) is 10.0 Å². The fourth-order valence-electron chi connectivity index (χ4n) is 1.23. The van der Waals surface area contributed by atoms with Gasteiger partial charge in [-0.3, -0.25) is 0 Å². The molecule has 0 saturated heterocycles. The summed E-state index contributed by atoms with van der Waals surface area (Å²) in [7, 11) is 1.81. The number of para-hydroxylation sites is 1. The standard InChI is InChI=1S/C10H9ClN2OS/c1-12-10-13-5-8(15-10)6-3-2-4-7(11)9(6)14/h2-5,14H,1H3,(H,12,13). The molecule has 1 aromatic carbocycles. The first-order valence-corrected chi connectivity index (χ1v) is 5.53. The Morgan fingerprint density at radius 1 is 1.47 bits per heavy atom.